The van der Waals surface area contributed by atoms with Crippen LogP contribution in [0.3, 0.4) is 0 Å². The summed E-state index contributed by atoms with van der Waals surface area (Å²) in [6.07, 6.45) is 1.55. The molecule has 1 aromatic carbocycles. The number of imidazole rings is 1. The minimum atomic E-state index is -0.264. The predicted octanol–water partition coefficient (Wildman–Crippen LogP) is 1.33. The van der Waals surface area contributed by atoms with E-state index in [0.717, 1.165) is 5.56 Å². The summed E-state index contributed by atoms with van der Waals surface area (Å²) in [5, 5.41) is 0. The molecule has 0 bridgehead atoms. The van der Waals surface area contributed by atoms with E-state index in [1.807, 2.05) is 30.3 Å². The average molecular weight is 270 g/mol. The molecule has 0 aliphatic carbocycles. The fourth-order valence-corrected chi connectivity index (χ4v) is 1.97. The maximum atomic E-state index is 11.2. The average Bonchev–Trinajstić information content (AvgIpc) is 2.85. The molecule has 0 fully saturated rings. The molecule has 0 spiro atoms. The van der Waals surface area contributed by atoms with Gasteiger partial charge in [0.2, 0.25) is 5.88 Å². The quantitative estimate of drug-likeness (QED) is 0.666. The Kier molecular flexibility index (Phi) is 3.22. The molecule has 102 valence electrons. The second-order valence-corrected chi connectivity index (χ2v) is 4.48. The van der Waals surface area contributed by atoms with Gasteiger partial charge in [0, 0.05) is 6.07 Å². The Bertz CT molecular complexity index is 763. The zero-order valence-corrected chi connectivity index (χ0v) is 10.7. The minimum absolute atomic E-state index is 0.223. The van der Waals surface area contributed by atoms with Crippen LogP contribution in [0.25, 0.3) is 11.0 Å². The van der Waals surface area contributed by atoms with Crippen LogP contribution in [0.2, 0.25) is 0 Å². The van der Waals surface area contributed by atoms with E-state index in [9.17, 15) is 4.79 Å². The molecule has 2 heterocycles. The van der Waals surface area contributed by atoms with Crippen molar-refractivity contribution in [1.82, 2.24) is 15.0 Å². The van der Waals surface area contributed by atoms with E-state index in [-0.39, 0.29) is 11.7 Å². The summed E-state index contributed by atoms with van der Waals surface area (Å²) in [7, 11) is 0. The second kappa shape index (κ2) is 5.18. The Morgan fingerprint density at radius 1 is 1.20 bits per heavy atom. The van der Waals surface area contributed by atoms with E-state index in [0.29, 0.717) is 23.5 Å². The molecule has 0 saturated carbocycles. The molecule has 20 heavy (non-hydrogen) atoms. The number of rotatable bonds is 4. The molecule has 0 amide bonds. The SMILES string of the molecule is N[C@@H](COc1cc2[nH]c(=O)[nH]c2cn1)c1ccccc1. The van der Waals surface area contributed by atoms with Crippen LogP contribution < -0.4 is 16.2 Å². The van der Waals surface area contributed by atoms with E-state index < -0.39 is 0 Å². The van der Waals surface area contributed by atoms with Crippen molar-refractivity contribution < 1.29 is 4.74 Å². The Balaban J connectivity index is 1.72. The third-order valence-electron chi connectivity index (χ3n) is 3.01. The lowest BCUT2D eigenvalue weighted by Gasteiger charge is -2.12. The molecule has 0 saturated heterocycles. The first-order chi connectivity index (χ1) is 9.72. The molecule has 2 aromatic heterocycles. The first-order valence-corrected chi connectivity index (χ1v) is 6.24. The highest BCUT2D eigenvalue weighted by Crippen LogP contribution is 2.15. The summed E-state index contributed by atoms with van der Waals surface area (Å²) in [5.74, 6) is 0.430. The Labute approximate surface area is 114 Å². The number of fused-ring (bicyclic) bond motifs is 1. The van der Waals surface area contributed by atoms with Gasteiger partial charge in [0.05, 0.1) is 23.3 Å². The highest BCUT2D eigenvalue weighted by atomic mass is 16.5. The summed E-state index contributed by atoms with van der Waals surface area (Å²) >= 11 is 0. The van der Waals surface area contributed by atoms with Gasteiger partial charge in [0.1, 0.15) is 6.61 Å². The molecular formula is C14H14N4O2. The third kappa shape index (κ3) is 2.55. The van der Waals surface area contributed by atoms with Gasteiger partial charge < -0.3 is 20.4 Å². The van der Waals surface area contributed by atoms with Crippen molar-refractivity contribution in [2.75, 3.05) is 6.61 Å². The fraction of sp³-hybridized carbons (Fsp3) is 0.143. The van der Waals surface area contributed by atoms with E-state index in [4.69, 9.17) is 10.5 Å². The normalized spacial score (nSPS) is 12.4. The van der Waals surface area contributed by atoms with Crippen molar-refractivity contribution in [1.29, 1.82) is 0 Å². The molecule has 3 rings (SSSR count). The van der Waals surface area contributed by atoms with Gasteiger partial charge in [0.15, 0.2) is 0 Å². The highest BCUT2D eigenvalue weighted by molar-refractivity contribution is 5.74. The topological polar surface area (TPSA) is 96.8 Å². The summed E-state index contributed by atoms with van der Waals surface area (Å²) in [4.78, 5) is 20.5. The molecular weight excluding hydrogens is 256 g/mol. The van der Waals surface area contributed by atoms with Gasteiger partial charge in [-0.25, -0.2) is 9.78 Å². The van der Waals surface area contributed by atoms with Crippen LogP contribution >= 0.6 is 0 Å². The van der Waals surface area contributed by atoms with Gasteiger partial charge in [-0.2, -0.15) is 0 Å². The summed E-state index contributed by atoms with van der Waals surface area (Å²) in [5.41, 5.74) is 8.09. The number of nitrogens with one attached hydrogen (secondary N) is 2. The molecule has 0 radical (unpaired) electrons. The zero-order valence-electron chi connectivity index (χ0n) is 10.7. The number of nitrogens with two attached hydrogens (primary N) is 1. The number of aromatic amines is 2. The molecule has 0 aliphatic heterocycles. The maximum absolute atomic E-state index is 11.2. The first-order valence-electron chi connectivity index (χ1n) is 6.24. The number of hydrogen-bond acceptors (Lipinski definition) is 4. The lowest BCUT2D eigenvalue weighted by atomic mass is 10.1. The highest BCUT2D eigenvalue weighted by Gasteiger charge is 2.08. The van der Waals surface area contributed by atoms with Crippen molar-refractivity contribution >= 4 is 11.0 Å². The van der Waals surface area contributed by atoms with Crippen molar-refractivity contribution in [3.63, 3.8) is 0 Å². The van der Waals surface area contributed by atoms with Crippen LogP contribution in [0.5, 0.6) is 5.88 Å². The van der Waals surface area contributed by atoms with E-state index in [2.05, 4.69) is 15.0 Å². The zero-order chi connectivity index (χ0) is 13.9. The fourth-order valence-electron chi connectivity index (χ4n) is 1.97. The van der Waals surface area contributed by atoms with Gasteiger partial charge in [-0.05, 0) is 5.56 Å². The molecule has 0 aliphatic rings. The monoisotopic (exact) mass is 270 g/mol. The Morgan fingerprint density at radius 2 is 1.95 bits per heavy atom. The third-order valence-corrected chi connectivity index (χ3v) is 3.01. The molecule has 6 nitrogen and oxygen atoms in total. The number of pyridine rings is 1. The molecule has 4 N–H and O–H groups in total. The van der Waals surface area contributed by atoms with E-state index in [1.165, 1.54) is 0 Å². The number of benzene rings is 1. The summed E-state index contributed by atoms with van der Waals surface area (Å²) < 4.78 is 5.57. The van der Waals surface area contributed by atoms with E-state index in [1.54, 1.807) is 12.3 Å². The van der Waals surface area contributed by atoms with Gasteiger partial charge in [-0.1, -0.05) is 30.3 Å². The maximum Gasteiger partial charge on any atom is 0.323 e. The van der Waals surface area contributed by atoms with Crippen LogP contribution in [0, 0.1) is 0 Å². The largest absolute Gasteiger partial charge is 0.476 e. The van der Waals surface area contributed by atoms with E-state index >= 15 is 0 Å². The minimum Gasteiger partial charge on any atom is -0.476 e. The van der Waals surface area contributed by atoms with Crippen LogP contribution in [-0.4, -0.2) is 21.6 Å². The van der Waals surface area contributed by atoms with Gasteiger partial charge >= 0.3 is 5.69 Å². The van der Waals surface area contributed by atoms with Crippen LogP contribution in [0.15, 0.2) is 47.4 Å². The number of H-pyrrole nitrogens is 2. The molecule has 6 heteroatoms. The summed E-state index contributed by atoms with van der Waals surface area (Å²) in [6, 6.07) is 11.2. The summed E-state index contributed by atoms with van der Waals surface area (Å²) in [6.45, 7) is 0.317. The van der Waals surface area contributed by atoms with Crippen molar-refractivity contribution in [3.8, 4) is 5.88 Å². The number of ether oxygens (including phenoxy) is 1. The van der Waals surface area contributed by atoms with Gasteiger partial charge in [-0.3, -0.25) is 0 Å². The van der Waals surface area contributed by atoms with Crippen LogP contribution in [0.1, 0.15) is 11.6 Å². The first kappa shape index (κ1) is 12.4. The predicted molar refractivity (Wildman–Crippen MR) is 75.6 cm³/mol. The van der Waals surface area contributed by atoms with Crippen molar-refractivity contribution in [3.05, 3.63) is 58.6 Å². The number of nitrogens with zero attached hydrogens (tertiary/aromatic N) is 1. The second-order valence-electron chi connectivity index (χ2n) is 4.48. The Hall–Kier alpha value is -2.60. The molecule has 3 aromatic rings. The standard InChI is InChI=1S/C14H14N4O2/c15-10(9-4-2-1-3-5-9)8-20-13-6-11-12(7-16-13)18-14(19)17-11/h1-7,10H,8,15H2,(H2,17,18,19)/t10-/m0/s1. The van der Waals surface area contributed by atoms with Crippen molar-refractivity contribution in [2.24, 2.45) is 5.73 Å². The Morgan fingerprint density at radius 3 is 2.75 bits per heavy atom. The number of aromatic nitrogens is 3. The lowest BCUT2D eigenvalue weighted by Crippen LogP contribution is -2.19. The van der Waals surface area contributed by atoms with Crippen LogP contribution in [-0.2, 0) is 0 Å². The molecule has 0 unspecified atom stereocenters. The van der Waals surface area contributed by atoms with Gasteiger partial charge in [-0.15, -0.1) is 0 Å². The lowest BCUT2D eigenvalue weighted by molar-refractivity contribution is 0.280. The smallest absolute Gasteiger partial charge is 0.323 e. The van der Waals surface area contributed by atoms with Crippen LogP contribution in [0.4, 0.5) is 0 Å². The van der Waals surface area contributed by atoms with Crippen molar-refractivity contribution in [2.45, 2.75) is 6.04 Å². The number of hydrogen-bond donors (Lipinski definition) is 3. The molecule has 1 atom stereocenters. The van der Waals surface area contributed by atoms with Gasteiger partial charge in [0.25, 0.3) is 0 Å².